The molecular formula is C64H101N17O23S4. The molecule has 22 N–H and O–H groups in total. The van der Waals surface area contributed by atoms with Crippen LogP contribution in [0.15, 0.2) is 24.3 Å². The van der Waals surface area contributed by atoms with Crippen LogP contribution in [-0.4, -0.2) is 277 Å². The van der Waals surface area contributed by atoms with Crippen LogP contribution in [0.4, 0.5) is 0 Å². The number of phenolic OH excluding ortho intramolecular Hbond substituents is 1. The molecule has 1 aliphatic heterocycles. The van der Waals surface area contributed by atoms with Crippen molar-refractivity contribution in [1.29, 1.82) is 0 Å². The van der Waals surface area contributed by atoms with Crippen molar-refractivity contribution >= 4 is 157 Å². The van der Waals surface area contributed by atoms with E-state index in [1.54, 1.807) is 13.8 Å². The van der Waals surface area contributed by atoms with Crippen LogP contribution in [-0.2, 0) is 92.7 Å². The zero-order valence-electron chi connectivity index (χ0n) is 60.8. The fraction of sp³-hybridized carbons (Fsp3) is 0.625. The maximum absolute atomic E-state index is 13.9. The van der Waals surface area contributed by atoms with Crippen LogP contribution in [0.5, 0.6) is 5.75 Å². The van der Waals surface area contributed by atoms with Gasteiger partial charge in [-0.05, 0) is 97.9 Å². The largest absolute Gasteiger partial charge is 0.508 e. The number of aliphatic hydroxyl groups excluding tert-OH is 2. The maximum atomic E-state index is 13.9. The third-order valence-electron chi connectivity index (χ3n) is 16.5. The second-order valence-electron chi connectivity index (χ2n) is 25.4. The van der Waals surface area contributed by atoms with Crippen molar-refractivity contribution in [3.63, 3.8) is 0 Å². The summed E-state index contributed by atoms with van der Waals surface area (Å²) in [4.78, 5) is 236. The summed E-state index contributed by atoms with van der Waals surface area (Å²) in [7, 11) is 0. The van der Waals surface area contributed by atoms with Gasteiger partial charge in [0.25, 0.3) is 0 Å². The topological polar surface area (TPSA) is 613 Å². The van der Waals surface area contributed by atoms with Crippen molar-refractivity contribution < 1.29 is 112 Å². The number of benzene rings is 1. The van der Waals surface area contributed by atoms with Crippen molar-refractivity contribution in [3.8, 4) is 5.75 Å². The van der Waals surface area contributed by atoms with Gasteiger partial charge in [0.05, 0.1) is 31.3 Å². The highest BCUT2D eigenvalue weighted by atomic mass is 32.1. The Morgan fingerprint density at radius 3 is 1.22 bits per heavy atom. The summed E-state index contributed by atoms with van der Waals surface area (Å²) < 4.78 is 0. The minimum Gasteiger partial charge on any atom is -0.508 e. The van der Waals surface area contributed by atoms with E-state index < -0.39 is 247 Å². The van der Waals surface area contributed by atoms with Crippen molar-refractivity contribution in [2.75, 3.05) is 42.6 Å². The Labute approximate surface area is 643 Å². The first kappa shape index (κ1) is 94.8. The smallest absolute Gasteiger partial charge is 0.327 e. The molecule has 0 spiro atoms. The number of phenols is 1. The zero-order chi connectivity index (χ0) is 82.0. The third kappa shape index (κ3) is 32.7. The van der Waals surface area contributed by atoms with Gasteiger partial charge in [0, 0.05) is 35.9 Å². The minimum absolute atomic E-state index is 0.142. The maximum Gasteiger partial charge on any atom is 0.327 e. The van der Waals surface area contributed by atoms with Crippen LogP contribution < -0.4 is 90.4 Å². The lowest BCUT2D eigenvalue weighted by atomic mass is 9.97. The summed E-state index contributed by atoms with van der Waals surface area (Å²) in [5.41, 5.74) is 0.391. The van der Waals surface area contributed by atoms with E-state index in [0.717, 1.165) is 13.3 Å². The molecule has 604 valence electrons. The molecule has 1 fully saturated rings. The number of thiol groups is 4. The van der Waals surface area contributed by atoms with E-state index in [9.17, 15) is 107 Å². The van der Waals surface area contributed by atoms with Gasteiger partial charge in [0.2, 0.25) is 94.5 Å². The fourth-order valence-corrected chi connectivity index (χ4v) is 10.7. The number of carboxylic acid groups (broad SMARTS) is 2. The van der Waals surface area contributed by atoms with Crippen LogP contribution in [0.3, 0.4) is 0 Å². The second kappa shape index (κ2) is 47.5. The highest BCUT2D eigenvalue weighted by Crippen LogP contribution is 2.14. The number of aromatic hydroxyl groups is 1. The van der Waals surface area contributed by atoms with Crippen molar-refractivity contribution in [2.45, 2.75) is 204 Å². The number of amides is 16. The molecule has 1 aliphatic rings. The molecule has 18 atom stereocenters. The minimum atomic E-state index is -1.69. The molecule has 0 unspecified atom stereocenters. The SMILES string of the molecule is CC[C@H](C)[C@H](NC(=O)[C@H](CCC(=O)O)NC(=O)[C@H](CS)NC(=O)[C@@H](NC(=O)CNC(=O)[C@@H]1CCCN1)[C@@H](C)O)C(=O)N[C@@H](C)C(=O)N[C@@H](CS)C(=O)N[C@@H](C)C(=O)N[C@@H](C)C(=O)N[C@@H](Cc1ccc(O)cc1)C(=O)N[C@@H](C)C(=O)N[C@@H](C)C(=O)N[C@@H](CS)C(=O)N[C@H](C(=O)NCC(=O)N[C@@H](CS)C(=O)O)[C@@H](C)O. The van der Waals surface area contributed by atoms with Crippen LogP contribution >= 0.6 is 50.5 Å². The van der Waals surface area contributed by atoms with Gasteiger partial charge in [-0.3, -0.25) is 81.5 Å². The average Bonchev–Trinajstić information content (AvgIpc) is 1.67. The first-order chi connectivity index (χ1) is 50.6. The summed E-state index contributed by atoms with van der Waals surface area (Å²) in [5.74, 6) is -20.3. The Morgan fingerprint density at radius 2 is 0.787 bits per heavy atom. The highest BCUT2D eigenvalue weighted by molar-refractivity contribution is 7.80. The molecule has 16 amide bonds. The van der Waals surface area contributed by atoms with E-state index >= 15 is 0 Å². The Bertz CT molecular complexity index is 3360. The van der Waals surface area contributed by atoms with Gasteiger partial charge in [-0.15, -0.1) is 0 Å². The van der Waals surface area contributed by atoms with Crippen molar-refractivity contribution in [2.24, 2.45) is 5.92 Å². The molecule has 108 heavy (non-hydrogen) atoms. The molecule has 0 aliphatic carbocycles. The van der Waals surface area contributed by atoms with E-state index in [2.05, 4.69) is 141 Å². The number of nitrogens with one attached hydrogen (secondary N) is 17. The summed E-state index contributed by atoms with van der Waals surface area (Å²) in [5, 5.41) is 89.8. The number of carbonyl (C=O) groups is 18. The quantitative estimate of drug-likeness (QED) is 0.0270. The van der Waals surface area contributed by atoms with Crippen LogP contribution in [0.1, 0.15) is 100.0 Å². The van der Waals surface area contributed by atoms with E-state index in [1.165, 1.54) is 65.8 Å². The Kier molecular flexibility index (Phi) is 41.7. The summed E-state index contributed by atoms with van der Waals surface area (Å²) >= 11 is 16.2. The predicted molar refractivity (Wildman–Crippen MR) is 397 cm³/mol. The first-order valence-corrected chi connectivity index (χ1v) is 36.7. The number of hydrogen-bond acceptors (Lipinski definition) is 26. The first-order valence-electron chi connectivity index (χ1n) is 34.2. The average molecular weight is 1600 g/mol. The molecule has 1 aromatic carbocycles. The Balaban J connectivity index is 2.12. The number of aliphatic carboxylic acids is 2. The van der Waals surface area contributed by atoms with Crippen LogP contribution in [0, 0.1) is 5.92 Å². The van der Waals surface area contributed by atoms with E-state index in [-0.39, 0.29) is 35.8 Å². The number of rotatable bonds is 46. The molecule has 0 radical (unpaired) electrons. The van der Waals surface area contributed by atoms with Crippen molar-refractivity contribution in [3.05, 3.63) is 29.8 Å². The summed E-state index contributed by atoms with van der Waals surface area (Å²) in [6.45, 7) is 11.0. The fourth-order valence-electron chi connectivity index (χ4n) is 9.71. The molecule has 40 nitrogen and oxygen atoms in total. The van der Waals surface area contributed by atoms with Crippen LogP contribution in [0.25, 0.3) is 0 Å². The second-order valence-corrected chi connectivity index (χ2v) is 26.9. The highest BCUT2D eigenvalue weighted by Gasteiger charge is 2.38. The number of carboxylic acids is 2. The molecule has 2 rings (SSSR count). The number of carbonyl (C=O) groups excluding carboxylic acids is 16. The van der Waals surface area contributed by atoms with Gasteiger partial charge in [-0.2, -0.15) is 50.5 Å². The van der Waals surface area contributed by atoms with Gasteiger partial charge in [0.15, 0.2) is 0 Å². The molecular weight excluding hydrogens is 1500 g/mol. The molecule has 0 bridgehead atoms. The molecule has 1 heterocycles. The lowest BCUT2D eigenvalue weighted by Crippen LogP contribution is -2.61. The molecule has 0 saturated carbocycles. The number of hydrogen-bond donors (Lipinski definition) is 26. The van der Waals surface area contributed by atoms with Gasteiger partial charge in [-0.25, -0.2) is 4.79 Å². The van der Waals surface area contributed by atoms with Crippen molar-refractivity contribution in [1.82, 2.24) is 90.4 Å². The van der Waals surface area contributed by atoms with Crippen LogP contribution in [0.2, 0.25) is 0 Å². The van der Waals surface area contributed by atoms with Gasteiger partial charge < -0.3 is 116 Å². The van der Waals surface area contributed by atoms with Gasteiger partial charge in [-0.1, -0.05) is 32.4 Å². The molecule has 44 heteroatoms. The lowest BCUT2D eigenvalue weighted by Gasteiger charge is -2.29. The standard InChI is InChI=1S/C64H101N17O23S4/c1-10-27(2)47(80-56(95)38(17-18-46(87)88)74-59(98)41(24-106)78-63(102)49(34(9)83)79-45(86)22-66-55(94)37-12-11-19-65-37)62(101)72-32(7)54(93)76-40(23-105)58(97)71-29(4)51(90)68-30(5)52(91)75-39(20-35-13-15-36(84)16-14-35)57(96)70-28(3)50(89)69-31(6)53(92)77-42(25-107)60(99)81-48(33(8)82)61(100)67-21-44(85)73-43(26-108)64(103)104/h13-16,27-34,37-43,47-49,65,82-84,105-108H,10-12,17-26H2,1-9H3,(H,66,94)(H,67,100)(H,68,90)(H,69,89)(H,70,96)(H,71,97)(H,72,101)(H,73,85)(H,74,98)(H,75,91)(H,76,93)(H,77,92)(H,78,102)(H,79,86)(H,80,95)(H,81,99)(H,87,88)(H,103,104)/t27-,28-,29-,30-,31-,32-,33+,34+,37-,38-,39-,40-,41-,42-,43-,47-,48-,49-/m0/s1. The normalized spacial score (nSPS) is 17.1. The Morgan fingerprint density at radius 1 is 0.426 bits per heavy atom. The van der Waals surface area contributed by atoms with E-state index in [1.807, 2.05) is 0 Å². The lowest BCUT2D eigenvalue weighted by molar-refractivity contribution is -0.141. The van der Waals surface area contributed by atoms with Gasteiger partial charge >= 0.3 is 11.9 Å². The van der Waals surface area contributed by atoms with Gasteiger partial charge in [0.1, 0.15) is 90.3 Å². The summed E-state index contributed by atoms with van der Waals surface area (Å²) in [6, 6.07) is -16.1. The molecule has 1 saturated heterocycles. The predicted octanol–water partition coefficient (Wildman–Crippen LogP) is -8.72. The summed E-state index contributed by atoms with van der Waals surface area (Å²) in [6.07, 6.45) is -3.05. The molecule has 0 aromatic heterocycles. The van der Waals surface area contributed by atoms with E-state index in [4.69, 9.17) is 5.11 Å². The molecule has 1 aromatic rings. The van der Waals surface area contributed by atoms with E-state index in [0.29, 0.717) is 18.5 Å². The third-order valence-corrected chi connectivity index (χ3v) is 17.9. The Hall–Kier alpha value is -9.24. The monoisotopic (exact) mass is 1600 g/mol. The zero-order valence-corrected chi connectivity index (χ0v) is 64.3. The number of aliphatic hydroxyl groups is 2.